The van der Waals surface area contributed by atoms with Gasteiger partial charge in [0, 0.05) is 37.3 Å². The normalized spacial score (nSPS) is 12.1. The van der Waals surface area contributed by atoms with E-state index in [4.69, 9.17) is 4.98 Å². The Labute approximate surface area is 366 Å². The van der Waals surface area contributed by atoms with Gasteiger partial charge in [0.2, 0.25) is 0 Å². The Morgan fingerprint density at radius 2 is 0.937 bits per heavy atom. The van der Waals surface area contributed by atoms with Crippen LogP contribution in [0.5, 0.6) is 0 Å². The molecule has 0 bridgehead atoms. The summed E-state index contributed by atoms with van der Waals surface area (Å²) in [5, 5.41) is 12.4. The predicted octanol–water partition coefficient (Wildman–Crippen LogP) is 16.4. The van der Waals surface area contributed by atoms with Crippen LogP contribution in [-0.4, -0.2) is 14.0 Å². The Morgan fingerprint density at radius 1 is 0.333 bits per heavy atom. The van der Waals surface area contributed by atoms with Crippen LogP contribution in [0.4, 0.5) is 0 Å². The Bertz CT molecular complexity index is 4170. The summed E-state index contributed by atoms with van der Waals surface area (Å²) < 4.78 is 7.30. The molecule has 0 unspecified atom stereocenters. The van der Waals surface area contributed by atoms with Crippen LogP contribution in [0.1, 0.15) is 0 Å². The summed E-state index contributed by atoms with van der Waals surface area (Å²) >= 11 is 1.86. The molecule has 10 aromatic carbocycles. The summed E-state index contributed by atoms with van der Waals surface area (Å²) in [6.07, 6.45) is 0. The van der Waals surface area contributed by atoms with E-state index in [0.717, 1.165) is 27.9 Å². The van der Waals surface area contributed by atoms with E-state index in [9.17, 15) is 0 Å². The summed E-state index contributed by atoms with van der Waals surface area (Å²) in [6.45, 7) is 0. The smallest absolute Gasteiger partial charge is 0.156 e. The third-order valence-corrected chi connectivity index (χ3v) is 14.5. The average Bonchev–Trinajstić information content (AvgIpc) is 4.04. The Hall–Kier alpha value is -8.05. The number of aromatic nitrogens is 3. The number of fused-ring (bicyclic) bond motifs is 15. The van der Waals surface area contributed by atoms with E-state index in [1.807, 2.05) is 11.3 Å². The van der Waals surface area contributed by atoms with Gasteiger partial charge in [0.1, 0.15) is 0 Å². The van der Waals surface area contributed by atoms with E-state index in [1.54, 1.807) is 0 Å². The first-order chi connectivity index (χ1) is 31.2. The first kappa shape index (κ1) is 34.6. The van der Waals surface area contributed by atoms with Gasteiger partial charge < -0.3 is 4.57 Å². The molecule has 0 N–H and O–H groups in total. The molecule has 0 amide bonds. The lowest BCUT2D eigenvalue weighted by Crippen LogP contribution is -1.93. The zero-order valence-corrected chi connectivity index (χ0v) is 34.8. The van der Waals surface area contributed by atoms with Gasteiger partial charge in [0.05, 0.1) is 32.5 Å². The number of pyridine rings is 1. The van der Waals surface area contributed by atoms with Crippen LogP contribution in [0.25, 0.3) is 130 Å². The van der Waals surface area contributed by atoms with Crippen molar-refractivity contribution in [2.75, 3.05) is 0 Å². The van der Waals surface area contributed by atoms with Crippen LogP contribution < -0.4 is 0 Å². The van der Waals surface area contributed by atoms with Gasteiger partial charge in [-0.1, -0.05) is 158 Å². The molecule has 0 atom stereocenters. The summed E-state index contributed by atoms with van der Waals surface area (Å²) in [4.78, 5) is 5.56. The SMILES string of the molecule is c1ccc(-n2c3ccccc3c3cc(-c4ccc(-c5ccc(-c6cc7c8ccc9ccccc9c8sc7c7nc8c9cc%10ccccc%10cc9ccc8n67)cc5)cc4)ccc32)cc1. The van der Waals surface area contributed by atoms with Crippen molar-refractivity contribution in [1.82, 2.24) is 14.0 Å². The highest BCUT2D eigenvalue weighted by atomic mass is 32.1. The maximum absolute atomic E-state index is 5.56. The van der Waals surface area contributed by atoms with E-state index in [-0.39, 0.29) is 0 Å². The molecular formula is C59H35N3S. The zero-order valence-electron chi connectivity index (χ0n) is 34.0. The van der Waals surface area contributed by atoms with Crippen LogP contribution in [-0.2, 0) is 0 Å². The van der Waals surface area contributed by atoms with Gasteiger partial charge in [-0.15, -0.1) is 11.3 Å². The zero-order chi connectivity index (χ0) is 41.2. The summed E-state index contributed by atoms with van der Waals surface area (Å²) in [5.74, 6) is 0. The lowest BCUT2D eigenvalue weighted by Gasteiger charge is -2.11. The Balaban J connectivity index is 0.891. The Kier molecular flexibility index (Phi) is 7.27. The van der Waals surface area contributed by atoms with Crippen molar-refractivity contribution in [3.8, 4) is 39.2 Å². The maximum atomic E-state index is 5.56. The van der Waals surface area contributed by atoms with Gasteiger partial charge in [0.15, 0.2) is 5.65 Å². The van der Waals surface area contributed by atoms with Crippen molar-refractivity contribution in [3.63, 3.8) is 0 Å². The first-order valence-electron chi connectivity index (χ1n) is 21.5. The fourth-order valence-electron chi connectivity index (χ4n) is 10.2. The summed E-state index contributed by atoms with van der Waals surface area (Å²) in [5.41, 5.74) is 13.8. The van der Waals surface area contributed by atoms with E-state index < -0.39 is 0 Å². The van der Waals surface area contributed by atoms with Crippen LogP contribution in [0.2, 0.25) is 0 Å². The minimum atomic E-state index is 1.01. The number of thiophene rings is 1. The second kappa shape index (κ2) is 13.2. The minimum Gasteiger partial charge on any atom is -0.309 e. The molecule has 14 aromatic rings. The fourth-order valence-corrected chi connectivity index (χ4v) is 11.5. The molecule has 0 aliphatic carbocycles. The molecule has 0 saturated heterocycles. The van der Waals surface area contributed by atoms with E-state index in [0.29, 0.717) is 0 Å². The summed E-state index contributed by atoms with van der Waals surface area (Å²) in [6, 6.07) is 77.8. The molecule has 0 aliphatic heterocycles. The third kappa shape index (κ3) is 5.16. The highest BCUT2D eigenvalue weighted by Crippen LogP contribution is 2.44. The maximum Gasteiger partial charge on any atom is 0.156 e. The molecule has 0 aliphatic rings. The molecule has 3 nitrogen and oxygen atoms in total. The second-order valence-electron chi connectivity index (χ2n) is 16.7. The van der Waals surface area contributed by atoms with Gasteiger partial charge in [-0.2, -0.15) is 0 Å². The van der Waals surface area contributed by atoms with Crippen LogP contribution >= 0.6 is 11.3 Å². The molecule has 0 saturated carbocycles. The highest BCUT2D eigenvalue weighted by molar-refractivity contribution is 7.27. The molecule has 14 rings (SSSR count). The molecule has 292 valence electrons. The van der Waals surface area contributed by atoms with Crippen molar-refractivity contribution >= 4 is 102 Å². The van der Waals surface area contributed by atoms with Crippen molar-refractivity contribution in [1.29, 1.82) is 0 Å². The number of imidazole rings is 1. The number of hydrogen-bond acceptors (Lipinski definition) is 2. The molecule has 4 aromatic heterocycles. The molecule has 0 fully saturated rings. The van der Waals surface area contributed by atoms with Crippen LogP contribution in [0, 0.1) is 0 Å². The monoisotopic (exact) mass is 817 g/mol. The number of benzene rings is 10. The van der Waals surface area contributed by atoms with Gasteiger partial charge in [-0.3, -0.25) is 4.40 Å². The van der Waals surface area contributed by atoms with Crippen molar-refractivity contribution < 1.29 is 0 Å². The van der Waals surface area contributed by atoms with Crippen molar-refractivity contribution in [2.45, 2.75) is 0 Å². The molecule has 63 heavy (non-hydrogen) atoms. The van der Waals surface area contributed by atoms with Crippen LogP contribution in [0.3, 0.4) is 0 Å². The minimum absolute atomic E-state index is 1.01. The molecule has 0 spiro atoms. The van der Waals surface area contributed by atoms with E-state index in [1.165, 1.54) is 102 Å². The first-order valence-corrected chi connectivity index (χ1v) is 22.3. The van der Waals surface area contributed by atoms with Gasteiger partial charge in [0.25, 0.3) is 0 Å². The largest absolute Gasteiger partial charge is 0.309 e. The van der Waals surface area contributed by atoms with Crippen molar-refractivity contribution in [3.05, 3.63) is 212 Å². The second-order valence-corrected chi connectivity index (χ2v) is 17.8. The number of nitrogens with zero attached hydrogens (tertiary/aromatic N) is 3. The number of rotatable bonds is 4. The molecule has 0 radical (unpaired) electrons. The summed E-state index contributed by atoms with van der Waals surface area (Å²) in [7, 11) is 0. The van der Waals surface area contributed by atoms with Crippen LogP contribution in [0.15, 0.2) is 212 Å². The van der Waals surface area contributed by atoms with Gasteiger partial charge >= 0.3 is 0 Å². The van der Waals surface area contributed by atoms with E-state index >= 15 is 0 Å². The average molecular weight is 818 g/mol. The van der Waals surface area contributed by atoms with E-state index in [2.05, 4.69) is 221 Å². The topological polar surface area (TPSA) is 22.2 Å². The standard InChI is InChI=1S/C59H35N3S/c1-2-13-45(14-3-1)61-52-17-9-8-16-47(52)50-34-43(27-30-53(50)61)38-20-18-36(19-21-38)37-22-24-40(25-23-37)55-35-51-48-29-26-39-10-6-7-15-46(39)57(48)63-58(51)59-60-56-49-33-42-12-5-4-11-41(42)32-44(49)28-31-54(56)62(55)59/h1-35H. The van der Waals surface area contributed by atoms with Gasteiger partial charge in [-0.25, -0.2) is 4.98 Å². The molecular weight excluding hydrogens is 783 g/mol. The van der Waals surface area contributed by atoms with Crippen molar-refractivity contribution in [2.24, 2.45) is 0 Å². The van der Waals surface area contributed by atoms with Gasteiger partial charge in [-0.05, 0) is 109 Å². The Morgan fingerprint density at radius 3 is 1.73 bits per heavy atom. The number of para-hydroxylation sites is 2. The third-order valence-electron chi connectivity index (χ3n) is 13.3. The lowest BCUT2D eigenvalue weighted by atomic mass is 9.98. The molecule has 4 heteroatoms. The fraction of sp³-hybridized carbons (Fsp3) is 0. The molecule has 4 heterocycles. The quantitative estimate of drug-likeness (QED) is 0.162. The lowest BCUT2D eigenvalue weighted by molar-refractivity contribution is 1.18. The number of hydrogen-bond donors (Lipinski definition) is 0. The predicted molar refractivity (Wildman–Crippen MR) is 269 cm³/mol. The highest BCUT2D eigenvalue weighted by Gasteiger charge is 2.20.